The van der Waals surface area contributed by atoms with Crippen molar-refractivity contribution < 1.29 is 0 Å². The van der Waals surface area contributed by atoms with Crippen LogP contribution in [-0.4, -0.2) is 10.5 Å². The van der Waals surface area contributed by atoms with Gasteiger partial charge in [0.25, 0.3) is 0 Å². The van der Waals surface area contributed by atoms with Crippen LogP contribution in [0.2, 0.25) is 0 Å². The van der Waals surface area contributed by atoms with Crippen molar-refractivity contribution in [1.82, 2.24) is 4.98 Å². The van der Waals surface area contributed by atoms with E-state index in [0.29, 0.717) is 0 Å². The molecule has 1 aromatic heterocycles. The summed E-state index contributed by atoms with van der Waals surface area (Å²) in [6, 6.07) is 12.6. The molecule has 3 rings (SSSR count). The average Bonchev–Trinajstić information content (AvgIpc) is 2.46. The molecule has 1 fully saturated rings. The summed E-state index contributed by atoms with van der Waals surface area (Å²) in [6.45, 7) is 2.28. The number of para-hydroxylation sites is 1. The van der Waals surface area contributed by atoms with Gasteiger partial charge in [0, 0.05) is 23.0 Å². The molecule has 2 nitrogen and oxygen atoms in total. The third kappa shape index (κ3) is 2.85. The lowest BCUT2D eigenvalue weighted by molar-refractivity contribution is 0.217. The van der Waals surface area contributed by atoms with Gasteiger partial charge in [0.2, 0.25) is 0 Å². The normalized spacial score (nSPS) is 26.8. The van der Waals surface area contributed by atoms with Crippen LogP contribution < -0.4 is 5.73 Å². The second-order valence-corrected chi connectivity index (χ2v) is 6.41. The van der Waals surface area contributed by atoms with Crippen LogP contribution in [0, 0.1) is 5.92 Å². The van der Waals surface area contributed by atoms with E-state index >= 15 is 0 Å². The lowest BCUT2D eigenvalue weighted by Crippen LogP contribution is -2.46. The Morgan fingerprint density at radius 1 is 1.25 bits per heavy atom. The molecule has 2 N–H and O–H groups in total. The van der Waals surface area contributed by atoms with Gasteiger partial charge in [0.15, 0.2) is 0 Å². The maximum atomic E-state index is 6.66. The molecule has 2 unspecified atom stereocenters. The number of aromatic nitrogens is 1. The summed E-state index contributed by atoms with van der Waals surface area (Å²) in [5.41, 5.74) is 8.84. The summed E-state index contributed by atoms with van der Waals surface area (Å²) in [5.74, 6) is 0.800. The van der Waals surface area contributed by atoms with Gasteiger partial charge in [0.1, 0.15) is 0 Å². The Hall–Kier alpha value is -1.41. The fourth-order valence-corrected chi connectivity index (χ4v) is 3.60. The van der Waals surface area contributed by atoms with E-state index < -0.39 is 0 Å². The fourth-order valence-electron chi connectivity index (χ4n) is 3.60. The van der Waals surface area contributed by atoms with Crippen molar-refractivity contribution in [1.29, 1.82) is 0 Å². The van der Waals surface area contributed by atoms with Crippen LogP contribution in [0.1, 0.15) is 44.7 Å². The molecule has 2 atom stereocenters. The Morgan fingerprint density at radius 3 is 2.95 bits per heavy atom. The Kier molecular flexibility index (Phi) is 3.75. The minimum atomic E-state index is -0.0472. The minimum absolute atomic E-state index is 0.0472. The zero-order valence-corrected chi connectivity index (χ0v) is 12.3. The van der Waals surface area contributed by atoms with E-state index in [0.717, 1.165) is 36.4 Å². The Morgan fingerprint density at radius 2 is 2.10 bits per heavy atom. The fraction of sp³-hybridized carbons (Fsp3) is 0.500. The average molecular weight is 268 g/mol. The molecule has 0 radical (unpaired) electrons. The Balaban J connectivity index is 1.81. The van der Waals surface area contributed by atoms with Gasteiger partial charge in [-0.1, -0.05) is 50.5 Å². The molecule has 1 heterocycles. The first-order valence-corrected chi connectivity index (χ1v) is 7.82. The van der Waals surface area contributed by atoms with Gasteiger partial charge in [-0.25, -0.2) is 0 Å². The number of hydrogen-bond donors (Lipinski definition) is 1. The predicted octanol–water partition coefficient (Wildman–Crippen LogP) is 4.08. The SMILES string of the molecule is CCC1CCCC(N)(Cc2ccc3ccccc3n2)C1. The number of pyridine rings is 1. The molecule has 0 aliphatic heterocycles. The van der Waals surface area contributed by atoms with Crippen molar-refractivity contribution in [3.8, 4) is 0 Å². The van der Waals surface area contributed by atoms with Crippen LogP contribution in [0.15, 0.2) is 36.4 Å². The number of rotatable bonds is 3. The standard InChI is InChI=1S/C18H24N2/c1-2-14-6-5-11-18(19,12-14)13-16-10-9-15-7-3-4-8-17(15)20-16/h3-4,7-10,14H,2,5-6,11-13,19H2,1H3. The second kappa shape index (κ2) is 5.53. The van der Waals surface area contributed by atoms with E-state index in [2.05, 4.69) is 37.3 Å². The highest BCUT2D eigenvalue weighted by Gasteiger charge is 2.32. The summed E-state index contributed by atoms with van der Waals surface area (Å²) in [6.07, 6.45) is 7.07. The molecule has 0 bridgehead atoms. The number of nitrogens with two attached hydrogens (primary N) is 1. The molecule has 106 valence electrons. The molecular weight excluding hydrogens is 244 g/mol. The van der Waals surface area contributed by atoms with Crippen LogP contribution in [0.5, 0.6) is 0 Å². The summed E-state index contributed by atoms with van der Waals surface area (Å²) >= 11 is 0. The maximum absolute atomic E-state index is 6.66. The van der Waals surface area contributed by atoms with Gasteiger partial charge in [-0.3, -0.25) is 4.98 Å². The van der Waals surface area contributed by atoms with E-state index in [1.807, 2.05) is 6.07 Å². The minimum Gasteiger partial charge on any atom is -0.325 e. The topological polar surface area (TPSA) is 38.9 Å². The molecule has 0 saturated heterocycles. The van der Waals surface area contributed by atoms with E-state index in [9.17, 15) is 0 Å². The number of benzene rings is 1. The molecule has 20 heavy (non-hydrogen) atoms. The van der Waals surface area contributed by atoms with Crippen LogP contribution in [0.25, 0.3) is 10.9 Å². The van der Waals surface area contributed by atoms with Crippen molar-refractivity contribution >= 4 is 10.9 Å². The first-order valence-electron chi connectivity index (χ1n) is 7.82. The van der Waals surface area contributed by atoms with Gasteiger partial charge in [0.05, 0.1) is 5.52 Å². The Labute approximate surface area is 121 Å². The lowest BCUT2D eigenvalue weighted by Gasteiger charge is -2.37. The second-order valence-electron chi connectivity index (χ2n) is 6.41. The van der Waals surface area contributed by atoms with Crippen molar-refractivity contribution in [2.24, 2.45) is 11.7 Å². The van der Waals surface area contributed by atoms with Crippen LogP contribution in [0.3, 0.4) is 0 Å². The van der Waals surface area contributed by atoms with Gasteiger partial charge < -0.3 is 5.73 Å². The molecular formula is C18H24N2. The molecule has 1 aromatic carbocycles. The highest BCUT2D eigenvalue weighted by Crippen LogP contribution is 2.34. The molecule has 0 spiro atoms. The first kappa shape index (κ1) is 13.6. The third-order valence-corrected chi connectivity index (χ3v) is 4.75. The predicted molar refractivity (Wildman–Crippen MR) is 84.6 cm³/mol. The quantitative estimate of drug-likeness (QED) is 0.911. The molecule has 0 amide bonds. The summed E-state index contributed by atoms with van der Waals surface area (Å²) in [5, 5.41) is 1.21. The largest absolute Gasteiger partial charge is 0.325 e. The molecule has 1 saturated carbocycles. The highest BCUT2D eigenvalue weighted by atomic mass is 14.8. The Bertz CT molecular complexity index is 593. The third-order valence-electron chi connectivity index (χ3n) is 4.75. The molecule has 1 aliphatic rings. The smallest absolute Gasteiger partial charge is 0.0705 e. The molecule has 1 aliphatic carbocycles. The molecule has 2 aromatic rings. The highest BCUT2D eigenvalue weighted by molar-refractivity contribution is 5.78. The van der Waals surface area contributed by atoms with Gasteiger partial charge in [-0.05, 0) is 30.9 Å². The maximum Gasteiger partial charge on any atom is 0.0705 e. The van der Waals surface area contributed by atoms with Crippen molar-refractivity contribution in [2.75, 3.05) is 0 Å². The number of hydrogen-bond acceptors (Lipinski definition) is 2. The van der Waals surface area contributed by atoms with Crippen LogP contribution >= 0.6 is 0 Å². The zero-order valence-electron chi connectivity index (χ0n) is 12.3. The lowest BCUT2D eigenvalue weighted by atomic mass is 9.73. The van der Waals surface area contributed by atoms with Gasteiger partial charge >= 0.3 is 0 Å². The van der Waals surface area contributed by atoms with Gasteiger partial charge in [-0.2, -0.15) is 0 Å². The summed E-state index contributed by atoms with van der Waals surface area (Å²) in [7, 11) is 0. The zero-order chi connectivity index (χ0) is 14.0. The van der Waals surface area contributed by atoms with Crippen LogP contribution in [-0.2, 0) is 6.42 Å². The number of fused-ring (bicyclic) bond motifs is 1. The number of nitrogens with zero attached hydrogens (tertiary/aromatic N) is 1. The molecule has 2 heteroatoms. The van der Waals surface area contributed by atoms with E-state index in [-0.39, 0.29) is 5.54 Å². The van der Waals surface area contributed by atoms with E-state index in [1.54, 1.807) is 0 Å². The van der Waals surface area contributed by atoms with Crippen molar-refractivity contribution in [3.05, 3.63) is 42.1 Å². The van der Waals surface area contributed by atoms with Gasteiger partial charge in [-0.15, -0.1) is 0 Å². The van der Waals surface area contributed by atoms with E-state index in [1.165, 1.54) is 24.6 Å². The van der Waals surface area contributed by atoms with Crippen molar-refractivity contribution in [3.63, 3.8) is 0 Å². The van der Waals surface area contributed by atoms with Crippen LogP contribution in [0.4, 0.5) is 0 Å². The summed E-state index contributed by atoms with van der Waals surface area (Å²) < 4.78 is 0. The monoisotopic (exact) mass is 268 g/mol. The van der Waals surface area contributed by atoms with Crippen molar-refractivity contribution in [2.45, 2.75) is 51.0 Å². The van der Waals surface area contributed by atoms with E-state index in [4.69, 9.17) is 10.7 Å². The first-order chi connectivity index (χ1) is 9.68. The summed E-state index contributed by atoms with van der Waals surface area (Å²) in [4.78, 5) is 4.79.